The van der Waals surface area contributed by atoms with Crippen LogP contribution in [0.5, 0.6) is 0 Å². The van der Waals surface area contributed by atoms with Gasteiger partial charge in [0.25, 0.3) is 5.91 Å². The van der Waals surface area contributed by atoms with E-state index in [9.17, 15) is 14.4 Å². The van der Waals surface area contributed by atoms with Gasteiger partial charge in [-0.3, -0.25) is 14.4 Å². The van der Waals surface area contributed by atoms with Crippen LogP contribution in [-0.2, 0) is 27.2 Å². The maximum atomic E-state index is 12.2. The molecule has 0 aromatic heterocycles. The quantitative estimate of drug-likeness (QED) is 0.617. The first-order valence-electron chi connectivity index (χ1n) is 8.22. The molecule has 0 bridgehead atoms. The molecule has 0 unspecified atom stereocenters. The second-order valence-corrected chi connectivity index (χ2v) is 6.26. The number of nitrogens with one attached hydrogen (secondary N) is 1. The molecular formula is C18H21NO4. The SMILES string of the molecule is O=C(COC(=O)CCC(=O)c1ccc2c(c1)CCC2)NC1CC1. The predicted octanol–water partition coefficient (Wildman–Crippen LogP) is 1.96. The molecule has 2 aliphatic carbocycles. The largest absolute Gasteiger partial charge is 0.456 e. The first-order valence-corrected chi connectivity index (χ1v) is 8.22. The van der Waals surface area contributed by atoms with Crippen molar-refractivity contribution < 1.29 is 19.1 Å². The minimum atomic E-state index is -0.509. The molecule has 1 aromatic rings. The highest BCUT2D eigenvalue weighted by atomic mass is 16.5. The molecule has 2 aliphatic rings. The van der Waals surface area contributed by atoms with E-state index in [1.54, 1.807) is 0 Å². The van der Waals surface area contributed by atoms with Gasteiger partial charge in [0.2, 0.25) is 0 Å². The lowest BCUT2D eigenvalue weighted by molar-refractivity contribution is -0.148. The topological polar surface area (TPSA) is 72.5 Å². The summed E-state index contributed by atoms with van der Waals surface area (Å²) in [5, 5.41) is 2.74. The average molecular weight is 315 g/mol. The van der Waals surface area contributed by atoms with E-state index in [0.717, 1.165) is 32.1 Å². The number of carbonyl (C=O) groups excluding carboxylic acids is 3. The number of esters is 1. The summed E-state index contributed by atoms with van der Waals surface area (Å²) in [5.41, 5.74) is 3.22. The number of ether oxygens (including phenoxy) is 1. The minimum absolute atomic E-state index is 0.00657. The summed E-state index contributed by atoms with van der Waals surface area (Å²) in [7, 11) is 0. The summed E-state index contributed by atoms with van der Waals surface area (Å²) in [4.78, 5) is 35.2. The Hall–Kier alpha value is -2.17. The van der Waals surface area contributed by atoms with Gasteiger partial charge in [-0.15, -0.1) is 0 Å². The highest BCUT2D eigenvalue weighted by molar-refractivity contribution is 5.98. The lowest BCUT2D eigenvalue weighted by Gasteiger charge is -2.06. The molecule has 0 atom stereocenters. The summed E-state index contributed by atoms with van der Waals surface area (Å²) in [6, 6.07) is 6.04. The molecule has 0 aliphatic heterocycles. The number of fused-ring (bicyclic) bond motifs is 1. The molecule has 0 spiro atoms. The summed E-state index contributed by atoms with van der Waals surface area (Å²) in [6.07, 6.45) is 5.36. The Kier molecular flexibility index (Phi) is 4.74. The van der Waals surface area contributed by atoms with E-state index < -0.39 is 5.97 Å². The first kappa shape index (κ1) is 15.7. The van der Waals surface area contributed by atoms with Crippen LogP contribution in [0.3, 0.4) is 0 Å². The zero-order chi connectivity index (χ0) is 16.2. The molecule has 0 radical (unpaired) electrons. The van der Waals surface area contributed by atoms with Gasteiger partial charge in [-0.25, -0.2) is 0 Å². The number of Topliss-reactive ketones (excluding diaryl/α,β-unsaturated/α-hetero) is 1. The number of aryl methyl sites for hydroxylation is 2. The molecule has 5 nitrogen and oxygen atoms in total. The van der Waals surface area contributed by atoms with Crippen LogP contribution in [0.25, 0.3) is 0 Å². The molecule has 23 heavy (non-hydrogen) atoms. The second kappa shape index (κ2) is 6.94. The zero-order valence-corrected chi connectivity index (χ0v) is 13.1. The van der Waals surface area contributed by atoms with Gasteiger partial charge in [-0.2, -0.15) is 0 Å². The molecule has 0 heterocycles. The van der Waals surface area contributed by atoms with Crippen molar-refractivity contribution in [3.05, 3.63) is 34.9 Å². The zero-order valence-electron chi connectivity index (χ0n) is 13.1. The van der Waals surface area contributed by atoms with Crippen LogP contribution in [0.1, 0.15) is 53.6 Å². The lowest BCUT2D eigenvalue weighted by atomic mass is 10.0. The van der Waals surface area contributed by atoms with Gasteiger partial charge in [0, 0.05) is 18.0 Å². The summed E-state index contributed by atoms with van der Waals surface area (Å²) in [6.45, 7) is -0.262. The Morgan fingerprint density at radius 1 is 1.09 bits per heavy atom. The van der Waals surface area contributed by atoms with E-state index in [1.807, 2.05) is 18.2 Å². The van der Waals surface area contributed by atoms with E-state index in [4.69, 9.17) is 4.74 Å². The van der Waals surface area contributed by atoms with E-state index in [0.29, 0.717) is 5.56 Å². The fourth-order valence-corrected chi connectivity index (χ4v) is 2.82. The highest BCUT2D eigenvalue weighted by Crippen LogP contribution is 2.23. The summed E-state index contributed by atoms with van der Waals surface area (Å²) < 4.78 is 4.89. The summed E-state index contributed by atoms with van der Waals surface area (Å²) in [5.74, 6) is -0.838. The second-order valence-electron chi connectivity index (χ2n) is 6.26. The molecule has 3 rings (SSSR count). The molecule has 1 fully saturated rings. The van der Waals surface area contributed by atoms with Gasteiger partial charge in [0.1, 0.15) is 0 Å². The van der Waals surface area contributed by atoms with Gasteiger partial charge >= 0.3 is 5.97 Å². The van der Waals surface area contributed by atoms with Gasteiger partial charge in [0.05, 0.1) is 6.42 Å². The van der Waals surface area contributed by atoms with Crippen molar-refractivity contribution in [3.63, 3.8) is 0 Å². The smallest absolute Gasteiger partial charge is 0.306 e. The molecular weight excluding hydrogens is 294 g/mol. The standard InChI is InChI=1S/C18H21NO4/c20-16(14-5-4-12-2-1-3-13(12)10-14)8-9-18(22)23-11-17(21)19-15-6-7-15/h4-5,10,15H,1-3,6-9,11H2,(H,19,21). The van der Waals surface area contributed by atoms with Crippen LogP contribution in [0.2, 0.25) is 0 Å². The maximum absolute atomic E-state index is 12.2. The molecule has 0 saturated heterocycles. The lowest BCUT2D eigenvalue weighted by Crippen LogP contribution is -2.30. The number of carbonyl (C=O) groups is 3. The van der Waals surface area contributed by atoms with Crippen molar-refractivity contribution in [1.29, 1.82) is 0 Å². The minimum Gasteiger partial charge on any atom is -0.456 e. The third-order valence-electron chi connectivity index (χ3n) is 4.28. The first-order chi connectivity index (χ1) is 11.1. The van der Waals surface area contributed by atoms with E-state index in [2.05, 4.69) is 5.32 Å². The van der Waals surface area contributed by atoms with Gasteiger partial charge in [-0.05, 0) is 49.3 Å². The van der Waals surface area contributed by atoms with Crippen LogP contribution in [0, 0.1) is 0 Å². The summed E-state index contributed by atoms with van der Waals surface area (Å²) >= 11 is 0. The van der Waals surface area contributed by atoms with Crippen LogP contribution >= 0.6 is 0 Å². The molecule has 122 valence electrons. The normalized spacial score (nSPS) is 15.8. The molecule has 1 saturated carbocycles. The number of rotatable bonds is 7. The van der Waals surface area contributed by atoms with Crippen molar-refractivity contribution in [2.24, 2.45) is 0 Å². The van der Waals surface area contributed by atoms with Crippen molar-refractivity contribution in [1.82, 2.24) is 5.32 Å². The Morgan fingerprint density at radius 3 is 2.65 bits per heavy atom. The van der Waals surface area contributed by atoms with Crippen LogP contribution in [-0.4, -0.2) is 30.3 Å². The van der Waals surface area contributed by atoms with Crippen LogP contribution in [0.4, 0.5) is 0 Å². The number of hydrogen-bond donors (Lipinski definition) is 1. The number of ketones is 1. The average Bonchev–Trinajstić information content (AvgIpc) is 3.23. The fourth-order valence-electron chi connectivity index (χ4n) is 2.82. The van der Waals surface area contributed by atoms with Gasteiger partial charge < -0.3 is 10.1 Å². The third kappa shape index (κ3) is 4.41. The molecule has 1 N–H and O–H groups in total. The van der Waals surface area contributed by atoms with E-state index in [1.165, 1.54) is 11.1 Å². The van der Waals surface area contributed by atoms with Crippen molar-refractivity contribution in [3.8, 4) is 0 Å². The predicted molar refractivity (Wildman–Crippen MR) is 84.2 cm³/mol. The Bertz CT molecular complexity index is 634. The van der Waals surface area contributed by atoms with E-state index >= 15 is 0 Å². The fraction of sp³-hybridized carbons (Fsp3) is 0.500. The molecule has 1 amide bonds. The Balaban J connectivity index is 1.41. The van der Waals surface area contributed by atoms with E-state index in [-0.39, 0.29) is 37.2 Å². The highest BCUT2D eigenvalue weighted by Gasteiger charge is 2.23. The number of amides is 1. The maximum Gasteiger partial charge on any atom is 0.306 e. The van der Waals surface area contributed by atoms with Crippen LogP contribution in [0.15, 0.2) is 18.2 Å². The Labute approximate surface area is 135 Å². The van der Waals surface area contributed by atoms with Crippen LogP contribution < -0.4 is 5.32 Å². The molecule has 5 heteroatoms. The van der Waals surface area contributed by atoms with Gasteiger partial charge in [-0.1, -0.05) is 12.1 Å². The Morgan fingerprint density at radius 2 is 1.87 bits per heavy atom. The number of hydrogen-bond acceptors (Lipinski definition) is 4. The van der Waals surface area contributed by atoms with Crippen molar-refractivity contribution in [2.75, 3.05) is 6.61 Å². The van der Waals surface area contributed by atoms with Crippen molar-refractivity contribution >= 4 is 17.7 Å². The monoisotopic (exact) mass is 315 g/mol. The third-order valence-corrected chi connectivity index (χ3v) is 4.28. The molecule has 1 aromatic carbocycles. The van der Waals surface area contributed by atoms with Crippen molar-refractivity contribution in [2.45, 2.75) is 51.0 Å². The number of benzene rings is 1. The van der Waals surface area contributed by atoms with Gasteiger partial charge in [0.15, 0.2) is 12.4 Å².